The third-order valence-electron chi connectivity index (χ3n) is 2.44. The van der Waals surface area contributed by atoms with Crippen LogP contribution >= 0.6 is 0 Å². The molecular weight excluding hydrogens is 285 g/mol. The van der Waals surface area contributed by atoms with E-state index in [1.54, 1.807) is 0 Å². The second-order valence-corrected chi connectivity index (χ2v) is 24.7. The molecule has 0 unspecified atom stereocenters. The maximum absolute atomic E-state index is 12.3. The minimum absolute atomic E-state index is 0.713. The van der Waals surface area contributed by atoms with Gasteiger partial charge in [-0.2, -0.15) is 0 Å². The normalized spacial score (nSPS) is 21.2. The first-order chi connectivity index (χ1) is 6.47. The molecule has 1 aliphatic heterocycles. The Morgan fingerprint density at radius 3 is 1.73 bits per heavy atom. The van der Waals surface area contributed by atoms with E-state index in [0.29, 0.717) is 4.53 Å². The van der Waals surface area contributed by atoms with Crippen molar-refractivity contribution in [3.05, 3.63) is 20.4 Å². The van der Waals surface area contributed by atoms with Crippen LogP contribution in [-0.2, 0) is 9.84 Å². The van der Waals surface area contributed by atoms with E-state index in [1.807, 2.05) is 12.2 Å². The van der Waals surface area contributed by atoms with Gasteiger partial charge in [0.2, 0.25) is 0 Å². The van der Waals surface area contributed by atoms with Gasteiger partial charge in [-0.15, -0.1) is 0 Å². The molecule has 0 radical (unpaired) electrons. The average Bonchev–Trinajstić information content (AvgIpc) is 2.21. The van der Waals surface area contributed by atoms with Crippen LogP contribution in [0.25, 0.3) is 0 Å². The quantitative estimate of drug-likeness (QED) is 0.735. The summed E-state index contributed by atoms with van der Waals surface area (Å²) in [5, 5.41) is 0. The number of hydrogen-bond donors (Lipinski definition) is 0. The maximum atomic E-state index is 12.3. The fourth-order valence-corrected chi connectivity index (χ4v) is 15.1. The van der Waals surface area contributed by atoms with Gasteiger partial charge in [0.1, 0.15) is 0 Å². The summed E-state index contributed by atoms with van der Waals surface area (Å²) in [6.07, 6.45) is 3.72. The van der Waals surface area contributed by atoms with Gasteiger partial charge in [-0.1, -0.05) is 0 Å². The summed E-state index contributed by atoms with van der Waals surface area (Å²) in [4.78, 5) is 0. The van der Waals surface area contributed by atoms with E-state index in [4.69, 9.17) is 0 Å². The first-order valence-electron chi connectivity index (χ1n) is 5.15. The van der Waals surface area contributed by atoms with Crippen LogP contribution in [0.4, 0.5) is 0 Å². The van der Waals surface area contributed by atoms with Crippen molar-refractivity contribution >= 4 is 31.2 Å². The van der Waals surface area contributed by atoms with Gasteiger partial charge in [0.25, 0.3) is 0 Å². The summed E-state index contributed by atoms with van der Waals surface area (Å²) < 4.78 is 26.1. The zero-order valence-corrected chi connectivity index (χ0v) is 14.3. The van der Waals surface area contributed by atoms with E-state index in [0.717, 1.165) is 3.74 Å². The Balaban J connectivity index is 3.24. The molecule has 0 fully saturated rings. The molecule has 1 rings (SSSR count). The molecule has 0 aromatic rings. The topological polar surface area (TPSA) is 34.1 Å². The van der Waals surface area contributed by atoms with E-state index in [-0.39, 0.29) is 0 Å². The summed E-state index contributed by atoms with van der Waals surface area (Å²) in [6, 6.07) is 0. The molecule has 86 valence electrons. The first kappa shape index (κ1) is 13.3. The minimum atomic E-state index is -3.08. The van der Waals surface area contributed by atoms with E-state index in [1.165, 1.54) is 0 Å². The van der Waals surface area contributed by atoms with E-state index in [2.05, 4.69) is 36.9 Å². The molecule has 0 saturated carbocycles. The summed E-state index contributed by atoms with van der Waals surface area (Å²) in [5.41, 5.74) is 0. The van der Waals surface area contributed by atoms with Gasteiger partial charge in [0.05, 0.1) is 0 Å². The van der Waals surface area contributed by atoms with Gasteiger partial charge < -0.3 is 0 Å². The number of sulfone groups is 1. The Kier molecular flexibility index (Phi) is 3.18. The molecule has 0 saturated heterocycles. The summed E-state index contributed by atoms with van der Waals surface area (Å²) in [6.45, 7) is 6.26. The van der Waals surface area contributed by atoms with Crippen molar-refractivity contribution in [1.82, 2.24) is 0 Å². The van der Waals surface area contributed by atoms with Gasteiger partial charge >= 0.3 is 96.9 Å². The van der Waals surface area contributed by atoms with Crippen molar-refractivity contribution in [2.45, 2.75) is 36.9 Å². The monoisotopic (exact) mass is 306 g/mol. The zero-order valence-electron chi connectivity index (χ0n) is 10.4. The SMILES string of the molecule is C[Si](C)(C)C1=CC=[C]([Ge]([CH3])([CH3])[CH3])S1(=O)=O. The molecule has 0 amide bonds. The molecule has 0 aromatic carbocycles. The molecule has 0 bridgehead atoms. The van der Waals surface area contributed by atoms with Crippen LogP contribution in [0.1, 0.15) is 0 Å². The molecule has 0 spiro atoms. The first-order valence-corrected chi connectivity index (χ1v) is 17.5. The predicted octanol–water partition coefficient (Wildman–Crippen LogP) is 2.94. The zero-order chi connectivity index (χ0) is 12.1. The summed E-state index contributed by atoms with van der Waals surface area (Å²) >= 11 is -2.24. The second kappa shape index (κ2) is 3.60. The van der Waals surface area contributed by atoms with Crippen molar-refractivity contribution in [3.63, 3.8) is 0 Å². The van der Waals surface area contributed by atoms with Crippen molar-refractivity contribution in [1.29, 1.82) is 0 Å². The third kappa shape index (κ3) is 2.47. The molecule has 0 atom stereocenters. The van der Waals surface area contributed by atoms with Crippen LogP contribution < -0.4 is 0 Å². The Bertz CT molecular complexity index is 397. The van der Waals surface area contributed by atoms with Crippen LogP contribution in [0.3, 0.4) is 0 Å². The Hall–Kier alpha value is 0.190. The van der Waals surface area contributed by atoms with Crippen molar-refractivity contribution < 1.29 is 8.42 Å². The van der Waals surface area contributed by atoms with Crippen LogP contribution in [-0.4, -0.2) is 29.8 Å². The van der Waals surface area contributed by atoms with Gasteiger partial charge in [0.15, 0.2) is 0 Å². The van der Waals surface area contributed by atoms with Crippen LogP contribution in [0.5, 0.6) is 0 Å². The molecular formula is C10H20GeO2SSi. The Labute approximate surface area is 96.7 Å². The van der Waals surface area contributed by atoms with E-state index < -0.39 is 31.2 Å². The van der Waals surface area contributed by atoms with Gasteiger partial charge in [-0.25, -0.2) is 0 Å². The van der Waals surface area contributed by atoms with Gasteiger partial charge in [0, 0.05) is 0 Å². The van der Waals surface area contributed by atoms with Crippen LogP contribution in [0.2, 0.25) is 36.9 Å². The van der Waals surface area contributed by atoms with Crippen LogP contribution in [0.15, 0.2) is 20.4 Å². The van der Waals surface area contributed by atoms with E-state index in [9.17, 15) is 8.42 Å². The average molecular weight is 305 g/mol. The van der Waals surface area contributed by atoms with Crippen molar-refractivity contribution in [2.24, 2.45) is 0 Å². The van der Waals surface area contributed by atoms with E-state index >= 15 is 0 Å². The molecule has 0 N–H and O–H groups in total. The molecule has 0 aromatic heterocycles. The fraction of sp³-hybridized carbons (Fsp3) is 0.600. The van der Waals surface area contributed by atoms with Crippen LogP contribution in [0, 0.1) is 0 Å². The Morgan fingerprint density at radius 1 is 1.07 bits per heavy atom. The molecule has 0 aliphatic carbocycles. The standard InChI is InChI=1S/C10H20GeO2SSi/c1-11(2,3)9-7-8-10(14(9,12)13)15(4,5)6/h7-8H,1-6H3. The van der Waals surface area contributed by atoms with Crippen molar-refractivity contribution in [2.75, 3.05) is 0 Å². The number of rotatable bonds is 2. The van der Waals surface area contributed by atoms with Gasteiger partial charge in [-0.05, 0) is 0 Å². The molecule has 2 nitrogen and oxygen atoms in total. The molecule has 15 heavy (non-hydrogen) atoms. The Morgan fingerprint density at radius 2 is 1.53 bits per heavy atom. The third-order valence-corrected chi connectivity index (χ3v) is 16.5. The van der Waals surface area contributed by atoms with Gasteiger partial charge in [-0.3, -0.25) is 0 Å². The fourth-order valence-electron chi connectivity index (χ4n) is 1.76. The number of hydrogen-bond acceptors (Lipinski definition) is 2. The predicted molar refractivity (Wildman–Crippen MR) is 71.8 cm³/mol. The summed E-state index contributed by atoms with van der Waals surface area (Å²) in [7, 11) is -4.81. The van der Waals surface area contributed by atoms with Crippen molar-refractivity contribution in [3.8, 4) is 0 Å². The molecule has 5 heteroatoms. The molecule has 1 heterocycles. The molecule has 1 aliphatic rings. The number of allylic oxidation sites excluding steroid dienone is 2. The second-order valence-electron chi connectivity index (χ2n) is 6.07. The summed E-state index contributed by atoms with van der Waals surface area (Å²) in [5.74, 6) is 6.39.